The van der Waals surface area contributed by atoms with Crippen LogP contribution < -0.4 is 0 Å². The van der Waals surface area contributed by atoms with Gasteiger partial charge >= 0.3 is 0 Å². The first-order valence-corrected chi connectivity index (χ1v) is 13.0. The molecule has 1 aliphatic rings. The summed E-state index contributed by atoms with van der Waals surface area (Å²) in [5.41, 5.74) is 1.40. The Morgan fingerprint density at radius 3 is 2.32 bits per heavy atom. The summed E-state index contributed by atoms with van der Waals surface area (Å²) in [6, 6.07) is 6.35. The lowest BCUT2D eigenvalue weighted by molar-refractivity contribution is 0.185. The summed E-state index contributed by atoms with van der Waals surface area (Å²) in [6.45, 7) is 0.488. The van der Waals surface area contributed by atoms with E-state index in [4.69, 9.17) is 4.42 Å². The van der Waals surface area contributed by atoms with Gasteiger partial charge in [0.1, 0.15) is 6.26 Å². The van der Waals surface area contributed by atoms with E-state index in [0.717, 1.165) is 25.5 Å². The maximum Gasteiger partial charge on any atom is 0.226 e. The van der Waals surface area contributed by atoms with Gasteiger partial charge in [-0.05, 0) is 44.2 Å². The summed E-state index contributed by atoms with van der Waals surface area (Å²) in [7, 11) is -4.43. The number of nitrogens with zero attached hydrogens (tertiary/aromatic N) is 2. The van der Waals surface area contributed by atoms with Crippen molar-refractivity contribution >= 4 is 19.7 Å². The predicted octanol–water partition coefficient (Wildman–Crippen LogP) is 2.53. The van der Waals surface area contributed by atoms with Gasteiger partial charge in [-0.3, -0.25) is 4.90 Å². The number of oxazole rings is 1. The van der Waals surface area contributed by atoms with Gasteiger partial charge in [-0.1, -0.05) is 12.8 Å². The average molecular weight is 427 g/mol. The molecule has 1 aromatic carbocycles. The molecule has 1 aliphatic carbocycles. The number of sulfone groups is 2. The first-order valence-electron chi connectivity index (χ1n) is 9.20. The third kappa shape index (κ3) is 4.82. The molecule has 7 nitrogen and oxygen atoms in total. The predicted molar refractivity (Wildman–Crippen MR) is 107 cm³/mol. The molecular weight excluding hydrogens is 400 g/mol. The molecule has 154 valence electrons. The summed E-state index contributed by atoms with van der Waals surface area (Å²) in [5, 5.41) is -0.346. The van der Waals surface area contributed by atoms with Crippen molar-refractivity contribution in [2.45, 2.75) is 48.4 Å². The zero-order valence-corrected chi connectivity index (χ0v) is 18.0. The van der Waals surface area contributed by atoms with Crippen molar-refractivity contribution in [1.29, 1.82) is 0 Å². The maximum atomic E-state index is 12.1. The molecule has 2 atom stereocenters. The van der Waals surface area contributed by atoms with E-state index in [2.05, 4.69) is 4.98 Å². The number of hydrogen-bond acceptors (Lipinski definition) is 7. The summed E-state index contributed by atoms with van der Waals surface area (Å²) < 4.78 is 53.0. The molecule has 3 rings (SSSR count). The van der Waals surface area contributed by atoms with Crippen LogP contribution in [0.3, 0.4) is 0 Å². The number of benzene rings is 1. The Balaban J connectivity index is 1.73. The molecule has 0 bridgehead atoms. The summed E-state index contributed by atoms with van der Waals surface area (Å²) in [4.78, 5) is 6.77. The van der Waals surface area contributed by atoms with Gasteiger partial charge in [0.25, 0.3) is 0 Å². The van der Waals surface area contributed by atoms with Crippen LogP contribution in [-0.2, 0) is 26.2 Å². The molecule has 0 spiro atoms. The first kappa shape index (κ1) is 21.0. The molecule has 1 aromatic heterocycles. The second-order valence-electron chi connectivity index (χ2n) is 7.58. The molecule has 9 heteroatoms. The summed E-state index contributed by atoms with van der Waals surface area (Å²) in [5.74, 6) is 0.409. The van der Waals surface area contributed by atoms with Crippen molar-refractivity contribution in [2.24, 2.45) is 0 Å². The third-order valence-corrected chi connectivity index (χ3v) is 8.05. The van der Waals surface area contributed by atoms with Gasteiger partial charge in [0.05, 0.1) is 15.8 Å². The van der Waals surface area contributed by atoms with Gasteiger partial charge in [0, 0.05) is 30.7 Å². The Morgan fingerprint density at radius 1 is 1.07 bits per heavy atom. The van der Waals surface area contributed by atoms with Crippen LogP contribution in [0.15, 0.2) is 39.8 Å². The van der Waals surface area contributed by atoms with E-state index in [-0.39, 0.29) is 16.2 Å². The highest BCUT2D eigenvalue weighted by atomic mass is 32.2. The second-order valence-corrected chi connectivity index (χ2v) is 11.9. The molecule has 28 heavy (non-hydrogen) atoms. The van der Waals surface area contributed by atoms with Crippen LogP contribution in [0.25, 0.3) is 11.5 Å². The van der Waals surface area contributed by atoms with Crippen LogP contribution in [0.4, 0.5) is 0 Å². The highest BCUT2D eigenvalue weighted by Crippen LogP contribution is 2.29. The standard InChI is InChI=1S/C19H26N2O5S2/c1-21(17-6-4-5-7-18(17)28(3,24)25)12-15-13-26-19(20-15)14-8-10-16(11-9-14)27(2,22)23/h8-11,13,17-18H,4-7,12H2,1-3H3/t17-,18-/m0/s1. The van der Waals surface area contributed by atoms with E-state index in [1.54, 1.807) is 18.4 Å². The first-order chi connectivity index (χ1) is 13.1. The molecule has 2 aromatic rings. The number of aromatic nitrogens is 1. The Morgan fingerprint density at radius 2 is 1.71 bits per heavy atom. The zero-order chi connectivity index (χ0) is 20.5. The Labute approximate surface area is 166 Å². The second kappa shape index (κ2) is 7.96. The highest BCUT2D eigenvalue weighted by molar-refractivity contribution is 7.91. The van der Waals surface area contributed by atoms with E-state index in [0.29, 0.717) is 30.1 Å². The number of rotatable bonds is 6. The van der Waals surface area contributed by atoms with E-state index >= 15 is 0 Å². The lowest BCUT2D eigenvalue weighted by atomic mass is 9.94. The number of hydrogen-bond donors (Lipinski definition) is 0. The largest absolute Gasteiger partial charge is 0.444 e. The molecule has 0 radical (unpaired) electrons. The van der Waals surface area contributed by atoms with Crippen LogP contribution in [0.2, 0.25) is 0 Å². The van der Waals surface area contributed by atoms with E-state index in [1.165, 1.54) is 18.4 Å². The van der Waals surface area contributed by atoms with Crippen LogP contribution in [-0.4, -0.2) is 57.6 Å². The quantitative estimate of drug-likeness (QED) is 0.700. The van der Waals surface area contributed by atoms with Crippen molar-refractivity contribution < 1.29 is 21.3 Å². The van der Waals surface area contributed by atoms with Crippen molar-refractivity contribution in [3.63, 3.8) is 0 Å². The van der Waals surface area contributed by atoms with Crippen molar-refractivity contribution in [3.05, 3.63) is 36.2 Å². The van der Waals surface area contributed by atoms with Crippen molar-refractivity contribution in [1.82, 2.24) is 9.88 Å². The fourth-order valence-electron chi connectivity index (χ4n) is 3.81. The van der Waals surface area contributed by atoms with Crippen LogP contribution in [0.5, 0.6) is 0 Å². The lowest BCUT2D eigenvalue weighted by Crippen LogP contribution is -2.46. The van der Waals surface area contributed by atoms with Gasteiger partial charge < -0.3 is 4.42 Å². The minimum absolute atomic E-state index is 0.0297. The molecular formula is C19H26N2O5S2. The molecule has 1 saturated carbocycles. The van der Waals surface area contributed by atoms with Gasteiger partial charge in [-0.2, -0.15) is 0 Å². The maximum absolute atomic E-state index is 12.1. The van der Waals surface area contributed by atoms with Crippen LogP contribution in [0.1, 0.15) is 31.4 Å². The molecule has 0 amide bonds. The van der Waals surface area contributed by atoms with Gasteiger partial charge in [0.15, 0.2) is 19.7 Å². The Bertz CT molecular complexity index is 1030. The summed E-state index contributed by atoms with van der Waals surface area (Å²) in [6.07, 6.45) is 7.57. The minimum Gasteiger partial charge on any atom is -0.444 e. The molecule has 1 heterocycles. The summed E-state index contributed by atoms with van der Waals surface area (Å²) >= 11 is 0. The third-order valence-electron chi connectivity index (χ3n) is 5.28. The molecule has 0 unspecified atom stereocenters. The van der Waals surface area contributed by atoms with Gasteiger partial charge in [0.2, 0.25) is 5.89 Å². The normalized spacial score (nSPS) is 21.1. The zero-order valence-electron chi connectivity index (χ0n) is 16.3. The molecule has 0 N–H and O–H groups in total. The Kier molecular flexibility index (Phi) is 5.97. The van der Waals surface area contributed by atoms with E-state index in [9.17, 15) is 16.8 Å². The van der Waals surface area contributed by atoms with Crippen molar-refractivity contribution in [2.75, 3.05) is 19.6 Å². The van der Waals surface area contributed by atoms with Gasteiger partial charge in [-0.15, -0.1) is 0 Å². The SMILES string of the molecule is CN(Cc1coc(-c2ccc(S(C)(=O)=O)cc2)n1)[C@H]1CCCC[C@@H]1S(C)(=O)=O. The molecule has 1 fully saturated rings. The molecule has 0 saturated heterocycles. The van der Waals surface area contributed by atoms with Gasteiger partial charge in [-0.25, -0.2) is 21.8 Å². The monoisotopic (exact) mass is 426 g/mol. The van der Waals surface area contributed by atoms with E-state index < -0.39 is 19.7 Å². The fourth-order valence-corrected chi connectivity index (χ4v) is 5.95. The Hall–Kier alpha value is -1.71. The fraction of sp³-hybridized carbons (Fsp3) is 0.526. The topological polar surface area (TPSA) is 97.6 Å². The van der Waals surface area contributed by atoms with Crippen molar-refractivity contribution in [3.8, 4) is 11.5 Å². The van der Waals surface area contributed by atoms with Crippen LogP contribution >= 0.6 is 0 Å². The average Bonchev–Trinajstić information content (AvgIpc) is 3.09. The lowest BCUT2D eigenvalue weighted by Gasteiger charge is -2.36. The minimum atomic E-state index is -3.25. The van der Waals surface area contributed by atoms with E-state index in [1.807, 2.05) is 11.9 Å². The smallest absolute Gasteiger partial charge is 0.226 e. The highest BCUT2D eigenvalue weighted by Gasteiger charge is 2.35. The molecule has 0 aliphatic heterocycles. The van der Waals surface area contributed by atoms with Crippen LogP contribution in [0, 0.1) is 0 Å².